The first-order valence-electron chi connectivity index (χ1n) is 9.01. The molecule has 0 saturated carbocycles. The standard InChI is InChI=1S/C23H17ClN2O3/c24-16-10-11-18-20(14-16)26(13-12-21(18)27)15-23(28)25-19-8-4-5-9-22(19)29-17-6-2-1-3-7-17/h1-14H,15H2,(H,25,28). The van der Waals surface area contributed by atoms with Crippen molar-refractivity contribution in [3.63, 3.8) is 0 Å². The summed E-state index contributed by atoms with van der Waals surface area (Å²) in [6.45, 7) is 0.0246. The molecule has 0 radical (unpaired) electrons. The van der Waals surface area contributed by atoms with Crippen LogP contribution in [0.15, 0.2) is 89.9 Å². The highest BCUT2D eigenvalue weighted by molar-refractivity contribution is 6.31. The molecule has 0 aliphatic rings. The average Bonchev–Trinajstić information content (AvgIpc) is 2.72. The smallest absolute Gasteiger partial charge is 0.244 e. The van der Waals surface area contributed by atoms with Crippen molar-refractivity contribution >= 4 is 34.1 Å². The van der Waals surface area contributed by atoms with Gasteiger partial charge in [-0.15, -0.1) is 0 Å². The van der Waals surface area contributed by atoms with Gasteiger partial charge in [0.05, 0.1) is 11.2 Å². The summed E-state index contributed by atoms with van der Waals surface area (Å²) >= 11 is 6.07. The third kappa shape index (κ3) is 4.31. The number of anilines is 1. The Balaban J connectivity index is 1.57. The largest absolute Gasteiger partial charge is 0.455 e. The molecule has 4 aromatic rings. The SMILES string of the molecule is O=C(Cn1ccc(=O)c2ccc(Cl)cc21)Nc1ccccc1Oc1ccccc1. The van der Waals surface area contributed by atoms with E-state index in [1.807, 2.05) is 42.5 Å². The molecular formula is C23H17ClN2O3. The third-order valence-corrected chi connectivity index (χ3v) is 4.62. The molecule has 0 spiro atoms. The number of ether oxygens (including phenoxy) is 1. The van der Waals surface area contributed by atoms with Gasteiger partial charge in [0.2, 0.25) is 5.91 Å². The Kier molecular flexibility index (Phi) is 5.31. The van der Waals surface area contributed by atoms with E-state index in [4.69, 9.17) is 16.3 Å². The summed E-state index contributed by atoms with van der Waals surface area (Å²) in [5, 5.41) is 3.89. The second-order valence-corrected chi connectivity index (χ2v) is 6.87. The van der Waals surface area contributed by atoms with Gasteiger partial charge in [-0.2, -0.15) is 0 Å². The second-order valence-electron chi connectivity index (χ2n) is 6.43. The number of para-hydroxylation sites is 3. The number of aromatic nitrogens is 1. The Hall–Kier alpha value is -3.57. The van der Waals surface area contributed by atoms with Gasteiger partial charge in [0.1, 0.15) is 12.3 Å². The second kappa shape index (κ2) is 8.20. The molecule has 0 unspecified atom stereocenters. The number of benzene rings is 3. The summed E-state index contributed by atoms with van der Waals surface area (Å²) in [6, 6.07) is 23.0. The van der Waals surface area contributed by atoms with Gasteiger partial charge in [0.15, 0.2) is 11.2 Å². The maximum absolute atomic E-state index is 12.7. The van der Waals surface area contributed by atoms with Crippen LogP contribution in [0.4, 0.5) is 5.69 Å². The van der Waals surface area contributed by atoms with E-state index in [0.29, 0.717) is 33.1 Å². The highest BCUT2D eigenvalue weighted by Gasteiger charge is 2.11. The fraction of sp³-hybridized carbons (Fsp3) is 0.0435. The molecule has 5 nitrogen and oxygen atoms in total. The minimum absolute atomic E-state index is 0.0246. The first-order valence-corrected chi connectivity index (χ1v) is 9.38. The van der Waals surface area contributed by atoms with Gasteiger partial charge < -0.3 is 14.6 Å². The van der Waals surface area contributed by atoms with Crippen molar-refractivity contribution in [3.8, 4) is 11.5 Å². The summed E-state index contributed by atoms with van der Waals surface area (Å²) in [5.41, 5.74) is 1.05. The van der Waals surface area contributed by atoms with Crippen LogP contribution in [0.5, 0.6) is 11.5 Å². The van der Waals surface area contributed by atoms with E-state index in [9.17, 15) is 9.59 Å². The van der Waals surface area contributed by atoms with Crippen LogP contribution in [0.1, 0.15) is 0 Å². The predicted octanol–water partition coefficient (Wildman–Crippen LogP) is 5.09. The van der Waals surface area contributed by atoms with Gasteiger partial charge in [0.25, 0.3) is 0 Å². The average molecular weight is 405 g/mol. The zero-order valence-corrected chi connectivity index (χ0v) is 16.1. The molecule has 0 atom stereocenters. The molecular weight excluding hydrogens is 388 g/mol. The van der Waals surface area contributed by atoms with Gasteiger partial charge in [0, 0.05) is 22.7 Å². The highest BCUT2D eigenvalue weighted by atomic mass is 35.5. The maximum atomic E-state index is 12.7. The number of nitrogens with one attached hydrogen (secondary N) is 1. The lowest BCUT2D eigenvalue weighted by molar-refractivity contribution is -0.116. The number of amides is 1. The zero-order chi connectivity index (χ0) is 20.2. The van der Waals surface area contributed by atoms with Crippen LogP contribution in [-0.2, 0) is 11.3 Å². The van der Waals surface area contributed by atoms with Crippen molar-refractivity contribution in [2.75, 3.05) is 5.32 Å². The number of rotatable bonds is 5. The topological polar surface area (TPSA) is 60.3 Å². The molecule has 0 saturated heterocycles. The predicted molar refractivity (Wildman–Crippen MR) is 115 cm³/mol. The van der Waals surface area contributed by atoms with E-state index in [-0.39, 0.29) is 17.9 Å². The molecule has 0 fully saturated rings. The van der Waals surface area contributed by atoms with Crippen LogP contribution >= 0.6 is 11.6 Å². The molecule has 144 valence electrons. The molecule has 4 rings (SSSR count). The number of carbonyl (C=O) groups excluding carboxylic acids is 1. The van der Waals surface area contributed by atoms with E-state index in [1.54, 1.807) is 41.1 Å². The minimum Gasteiger partial charge on any atom is -0.455 e. The molecule has 0 aliphatic carbocycles. The number of hydrogen-bond acceptors (Lipinski definition) is 3. The van der Waals surface area contributed by atoms with Gasteiger partial charge in [-0.3, -0.25) is 9.59 Å². The Bertz CT molecular complexity index is 1240. The van der Waals surface area contributed by atoms with E-state index in [0.717, 1.165) is 0 Å². The molecule has 1 aromatic heterocycles. The van der Waals surface area contributed by atoms with Crippen LogP contribution in [-0.4, -0.2) is 10.5 Å². The lowest BCUT2D eigenvalue weighted by atomic mass is 10.2. The van der Waals surface area contributed by atoms with E-state index in [1.165, 1.54) is 6.07 Å². The molecule has 0 bridgehead atoms. The Labute approximate surface area is 172 Å². The fourth-order valence-corrected chi connectivity index (χ4v) is 3.20. The lowest BCUT2D eigenvalue weighted by Gasteiger charge is -2.14. The Morgan fingerprint density at radius 3 is 2.55 bits per heavy atom. The number of nitrogens with zero attached hydrogens (tertiary/aromatic N) is 1. The number of pyridine rings is 1. The van der Waals surface area contributed by atoms with Crippen LogP contribution < -0.4 is 15.5 Å². The third-order valence-electron chi connectivity index (χ3n) is 4.39. The van der Waals surface area contributed by atoms with E-state index < -0.39 is 0 Å². The van der Waals surface area contributed by atoms with Crippen molar-refractivity contribution in [3.05, 3.63) is 100 Å². The van der Waals surface area contributed by atoms with Gasteiger partial charge >= 0.3 is 0 Å². The molecule has 1 N–H and O–H groups in total. The highest BCUT2D eigenvalue weighted by Crippen LogP contribution is 2.29. The first kappa shape index (κ1) is 18.8. The van der Waals surface area contributed by atoms with E-state index >= 15 is 0 Å². The Morgan fingerprint density at radius 1 is 0.966 bits per heavy atom. The molecule has 0 aliphatic heterocycles. The molecule has 1 heterocycles. The molecule has 3 aromatic carbocycles. The fourth-order valence-electron chi connectivity index (χ4n) is 3.04. The maximum Gasteiger partial charge on any atom is 0.244 e. The van der Waals surface area contributed by atoms with Crippen molar-refractivity contribution in [1.29, 1.82) is 0 Å². The zero-order valence-electron chi connectivity index (χ0n) is 15.3. The van der Waals surface area contributed by atoms with Crippen molar-refractivity contribution < 1.29 is 9.53 Å². The van der Waals surface area contributed by atoms with Crippen LogP contribution in [0, 0.1) is 0 Å². The van der Waals surface area contributed by atoms with E-state index in [2.05, 4.69) is 5.32 Å². The minimum atomic E-state index is -0.251. The van der Waals surface area contributed by atoms with Crippen molar-refractivity contribution in [2.24, 2.45) is 0 Å². The summed E-state index contributed by atoms with van der Waals surface area (Å²) in [5.74, 6) is 0.967. The Morgan fingerprint density at radius 2 is 1.72 bits per heavy atom. The first-order chi connectivity index (χ1) is 14.1. The monoisotopic (exact) mass is 404 g/mol. The number of carbonyl (C=O) groups is 1. The van der Waals surface area contributed by atoms with Gasteiger partial charge in [-0.05, 0) is 42.5 Å². The summed E-state index contributed by atoms with van der Waals surface area (Å²) in [6.07, 6.45) is 1.59. The van der Waals surface area contributed by atoms with Crippen molar-refractivity contribution in [1.82, 2.24) is 4.57 Å². The lowest BCUT2D eigenvalue weighted by Crippen LogP contribution is -2.20. The van der Waals surface area contributed by atoms with Crippen molar-refractivity contribution in [2.45, 2.75) is 6.54 Å². The molecule has 29 heavy (non-hydrogen) atoms. The van der Waals surface area contributed by atoms with Gasteiger partial charge in [-0.1, -0.05) is 41.9 Å². The summed E-state index contributed by atoms with van der Waals surface area (Å²) in [7, 11) is 0. The van der Waals surface area contributed by atoms with Crippen LogP contribution in [0.2, 0.25) is 5.02 Å². The quantitative estimate of drug-likeness (QED) is 0.504. The summed E-state index contributed by atoms with van der Waals surface area (Å²) < 4.78 is 7.58. The number of hydrogen-bond donors (Lipinski definition) is 1. The molecule has 6 heteroatoms. The number of fused-ring (bicyclic) bond motifs is 1. The van der Waals surface area contributed by atoms with Gasteiger partial charge in [-0.25, -0.2) is 0 Å². The normalized spacial score (nSPS) is 10.7. The molecule has 1 amide bonds. The van der Waals surface area contributed by atoms with Crippen LogP contribution in [0.3, 0.4) is 0 Å². The number of halogens is 1. The summed E-state index contributed by atoms with van der Waals surface area (Å²) in [4.78, 5) is 24.8. The van der Waals surface area contributed by atoms with Crippen LogP contribution in [0.25, 0.3) is 10.9 Å².